The molecule has 2 saturated heterocycles. The van der Waals surface area contributed by atoms with Gasteiger partial charge in [0.1, 0.15) is 6.10 Å². The van der Waals surface area contributed by atoms with Crippen LogP contribution in [0.25, 0.3) is 0 Å². The molecule has 0 saturated carbocycles. The van der Waals surface area contributed by atoms with Gasteiger partial charge in [-0.15, -0.1) is 24.0 Å². The SMILES string of the molecule is CCNC(=NCC1CCN(S(C)(=O)=O)CC1)N1CCOC(c2cnn(C)c2)C1.I. The normalized spacial score (nSPS) is 22.4. The number of sulfonamides is 1. The molecule has 1 aromatic heterocycles. The lowest BCUT2D eigenvalue weighted by Crippen LogP contribution is -2.48. The Kier molecular flexibility index (Phi) is 9.16. The van der Waals surface area contributed by atoms with Crippen LogP contribution in [-0.4, -0.2) is 85.5 Å². The second kappa shape index (κ2) is 10.9. The van der Waals surface area contributed by atoms with Gasteiger partial charge >= 0.3 is 0 Å². The van der Waals surface area contributed by atoms with E-state index in [1.54, 1.807) is 8.99 Å². The summed E-state index contributed by atoms with van der Waals surface area (Å²) in [4.78, 5) is 7.11. The second-order valence-electron chi connectivity index (χ2n) is 7.55. The van der Waals surface area contributed by atoms with Crippen molar-refractivity contribution in [3.8, 4) is 0 Å². The molecule has 3 heterocycles. The van der Waals surface area contributed by atoms with Gasteiger partial charge in [0, 0.05) is 51.5 Å². The van der Waals surface area contributed by atoms with Crippen molar-refractivity contribution in [1.29, 1.82) is 0 Å². The van der Waals surface area contributed by atoms with Crippen molar-refractivity contribution in [2.75, 3.05) is 52.1 Å². The van der Waals surface area contributed by atoms with E-state index in [0.717, 1.165) is 50.5 Å². The van der Waals surface area contributed by atoms with Crippen LogP contribution in [0.3, 0.4) is 0 Å². The number of hydrogen-bond acceptors (Lipinski definition) is 5. The maximum Gasteiger partial charge on any atom is 0.211 e. The number of rotatable bonds is 5. The molecule has 0 aliphatic carbocycles. The molecule has 9 nitrogen and oxygen atoms in total. The first kappa shape index (κ1) is 24.4. The first-order valence-corrected chi connectivity index (χ1v) is 11.8. The number of halogens is 1. The highest BCUT2D eigenvalue weighted by Crippen LogP contribution is 2.22. The van der Waals surface area contributed by atoms with E-state index < -0.39 is 10.0 Å². The highest BCUT2D eigenvalue weighted by molar-refractivity contribution is 14.0. The minimum Gasteiger partial charge on any atom is -0.370 e. The molecule has 0 spiro atoms. The molecule has 1 N–H and O–H groups in total. The molecule has 1 atom stereocenters. The number of aryl methyl sites for hydroxylation is 1. The zero-order valence-electron chi connectivity index (χ0n) is 17.5. The lowest BCUT2D eigenvalue weighted by Gasteiger charge is -2.35. The summed E-state index contributed by atoms with van der Waals surface area (Å²) in [6, 6.07) is 0. The Labute approximate surface area is 190 Å². The topological polar surface area (TPSA) is 92.1 Å². The number of morpholine rings is 1. The van der Waals surface area contributed by atoms with Crippen LogP contribution in [0.1, 0.15) is 31.4 Å². The number of aliphatic imine (C=N–C) groups is 1. The summed E-state index contributed by atoms with van der Waals surface area (Å²) in [7, 11) is -1.17. The van der Waals surface area contributed by atoms with Crippen molar-refractivity contribution in [3.05, 3.63) is 18.0 Å². The van der Waals surface area contributed by atoms with Gasteiger partial charge in [-0.2, -0.15) is 5.10 Å². The largest absolute Gasteiger partial charge is 0.370 e. The molecule has 1 aromatic rings. The van der Waals surface area contributed by atoms with Gasteiger partial charge < -0.3 is 15.0 Å². The molecule has 0 radical (unpaired) electrons. The Hall–Kier alpha value is -0.920. The van der Waals surface area contributed by atoms with Gasteiger partial charge in [-0.25, -0.2) is 12.7 Å². The van der Waals surface area contributed by atoms with Gasteiger partial charge in [0.2, 0.25) is 10.0 Å². The smallest absolute Gasteiger partial charge is 0.211 e. The lowest BCUT2D eigenvalue weighted by atomic mass is 9.98. The van der Waals surface area contributed by atoms with Crippen molar-refractivity contribution >= 4 is 40.0 Å². The third kappa shape index (κ3) is 6.79. The molecule has 0 bridgehead atoms. The predicted molar refractivity (Wildman–Crippen MR) is 124 cm³/mol. The molecule has 166 valence electrons. The van der Waals surface area contributed by atoms with Crippen LogP contribution in [0, 0.1) is 5.92 Å². The lowest BCUT2D eigenvalue weighted by molar-refractivity contribution is -0.00807. The number of aromatic nitrogens is 2. The maximum atomic E-state index is 11.7. The summed E-state index contributed by atoms with van der Waals surface area (Å²) in [5, 5.41) is 7.64. The first-order chi connectivity index (χ1) is 13.4. The standard InChI is InChI=1S/C18H32N6O3S.HI/c1-4-19-18(20-11-15-5-7-24(8-6-15)28(3,25)26)23-9-10-27-17(14-23)16-12-21-22(2)13-16;/h12-13,15,17H,4-11,14H2,1-3H3,(H,19,20);1H. The van der Waals surface area contributed by atoms with Crippen LogP contribution in [0.2, 0.25) is 0 Å². The zero-order valence-corrected chi connectivity index (χ0v) is 20.6. The molecule has 3 rings (SSSR count). The van der Waals surface area contributed by atoms with Crippen molar-refractivity contribution in [1.82, 2.24) is 24.3 Å². The van der Waals surface area contributed by atoms with Gasteiger partial charge in [0.05, 0.1) is 25.6 Å². The van der Waals surface area contributed by atoms with E-state index in [9.17, 15) is 8.42 Å². The molecular formula is C18H33IN6O3S. The van der Waals surface area contributed by atoms with Gasteiger partial charge in [-0.05, 0) is 25.7 Å². The highest BCUT2D eigenvalue weighted by atomic mass is 127. The molecule has 2 aliphatic heterocycles. The van der Waals surface area contributed by atoms with Crippen molar-refractivity contribution in [3.63, 3.8) is 0 Å². The summed E-state index contributed by atoms with van der Waals surface area (Å²) in [6.07, 6.45) is 6.84. The molecule has 2 aliphatic rings. The quantitative estimate of drug-likeness (QED) is 0.341. The fourth-order valence-electron chi connectivity index (χ4n) is 3.71. The van der Waals surface area contributed by atoms with E-state index in [2.05, 4.69) is 22.2 Å². The van der Waals surface area contributed by atoms with Gasteiger partial charge in [-0.1, -0.05) is 0 Å². The van der Waals surface area contributed by atoms with E-state index in [1.807, 2.05) is 19.4 Å². The number of piperidine rings is 1. The van der Waals surface area contributed by atoms with Crippen molar-refractivity contribution in [2.24, 2.45) is 18.0 Å². The Balaban J connectivity index is 0.00000300. The van der Waals surface area contributed by atoms with Gasteiger partial charge in [0.15, 0.2) is 5.96 Å². The first-order valence-electron chi connectivity index (χ1n) is 9.95. The predicted octanol–water partition coefficient (Wildman–Crippen LogP) is 1.05. The van der Waals surface area contributed by atoms with E-state index in [-0.39, 0.29) is 30.1 Å². The number of hydrogen-bond donors (Lipinski definition) is 1. The molecule has 2 fully saturated rings. The Bertz CT molecular complexity index is 776. The fourth-order valence-corrected chi connectivity index (χ4v) is 4.59. The number of nitrogens with zero attached hydrogens (tertiary/aromatic N) is 5. The van der Waals surface area contributed by atoms with Crippen LogP contribution in [0.15, 0.2) is 17.4 Å². The van der Waals surface area contributed by atoms with Crippen LogP contribution in [0.5, 0.6) is 0 Å². The molecule has 0 aromatic carbocycles. The number of guanidine groups is 1. The van der Waals surface area contributed by atoms with E-state index in [1.165, 1.54) is 6.26 Å². The van der Waals surface area contributed by atoms with Crippen molar-refractivity contribution in [2.45, 2.75) is 25.9 Å². The summed E-state index contributed by atoms with van der Waals surface area (Å²) >= 11 is 0. The monoisotopic (exact) mass is 540 g/mol. The van der Waals surface area contributed by atoms with Gasteiger partial charge in [-0.3, -0.25) is 9.67 Å². The average Bonchev–Trinajstić information content (AvgIpc) is 3.11. The molecule has 11 heteroatoms. The Morgan fingerprint density at radius 3 is 2.66 bits per heavy atom. The summed E-state index contributed by atoms with van der Waals surface area (Å²) in [5.74, 6) is 1.33. The Morgan fingerprint density at radius 2 is 2.07 bits per heavy atom. The molecule has 0 amide bonds. The second-order valence-corrected chi connectivity index (χ2v) is 9.54. The minimum atomic E-state index is -3.08. The summed E-state index contributed by atoms with van der Waals surface area (Å²) in [6.45, 7) is 6.97. The number of nitrogens with one attached hydrogen (secondary N) is 1. The van der Waals surface area contributed by atoms with E-state index in [4.69, 9.17) is 9.73 Å². The third-order valence-corrected chi connectivity index (χ3v) is 6.64. The average molecular weight is 540 g/mol. The van der Waals surface area contributed by atoms with Crippen molar-refractivity contribution < 1.29 is 13.2 Å². The zero-order chi connectivity index (χ0) is 20.1. The van der Waals surface area contributed by atoms with Gasteiger partial charge in [0.25, 0.3) is 0 Å². The van der Waals surface area contributed by atoms with Crippen LogP contribution in [0.4, 0.5) is 0 Å². The number of ether oxygens (including phenoxy) is 1. The molecule has 29 heavy (non-hydrogen) atoms. The highest BCUT2D eigenvalue weighted by Gasteiger charge is 2.27. The van der Waals surface area contributed by atoms with Crippen LogP contribution in [-0.2, 0) is 21.8 Å². The summed E-state index contributed by atoms with van der Waals surface area (Å²) < 4.78 is 32.6. The Morgan fingerprint density at radius 1 is 1.34 bits per heavy atom. The fraction of sp³-hybridized carbons (Fsp3) is 0.778. The maximum absolute atomic E-state index is 11.7. The third-order valence-electron chi connectivity index (χ3n) is 5.34. The molecule has 1 unspecified atom stereocenters. The van der Waals surface area contributed by atoms with Crippen LogP contribution < -0.4 is 5.32 Å². The molecular weight excluding hydrogens is 507 g/mol. The summed E-state index contributed by atoms with van der Waals surface area (Å²) in [5.41, 5.74) is 1.08. The minimum absolute atomic E-state index is 0. The van der Waals surface area contributed by atoms with Crippen LogP contribution >= 0.6 is 24.0 Å². The van der Waals surface area contributed by atoms with E-state index in [0.29, 0.717) is 25.6 Å². The van der Waals surface area contributed by atoms with E-state index >= 15 is 0 Å².